The van der Waals surface area contributed by atoms with Gasteiger partial charge in [0.15, 0.2) is 5.65 Å². The Labute approximate surface area is 270 Å². The molecule has 0 saturated heterocycles. The van der Waals surface area contributed by atoms with Gasteiger partial charge in [0.25, 0.3) is 0 Å². The molecule has 45 heavy (non-hydrogen) atoms. The molecule has 1 aliphatic rings. The van der Waals surface area contributed by atoms with Crippen molar-refractivity contribution in [1.82, 2.24) is 30.5 Å². The predicted molar refractivity (Wildman–Crippen MR) is 183 cm³/mol. The molecule has 13 heteroatoms. The minimum atomic E-state index is -1.23. The number of aromatic amines is 1. The molecule has 4 aromatic rings. The fourth-order valence-corrected chi connectivity index (χ4v) is 6.69. The van der Waals surface area contributed by atoms with Gasteiger partial charge in [0, 0.05) is 39.5 Å². The van der Waals surface area contributed by atoms with Crippen LogP contribution in [0, 0.1) is 0 Å². The maximum absolute atomic E-state index is 12.3. The molecule has 1 saturated carbocycles. The minimum Gasteiger partial charge on any atom is -0.444 e. The zero-order valence-electron chi connectivity index (χ0n) is 27.2. The van der Waals surface area contributed by atoms with Gasteiger partial charge in [-0.2, -0.15) is 21.4 Å². The number of fused-ring (bicyclic) bond motifs is 1. The summed E-state index contributed by atoms with van der Waals surface area (Å²) in [6.07, 6.45) is 4.90. The number of ether oxygens (including phenoxy) is 2. The average Bonchev–Trinajstić information content (AvgIpc) is 3.65. The van der Waals surface area contributed by atoms with Gasteiger partial charge in [0.1, 0.15) is 18.1 Å². The van der Waals surface area contributed by atoms with E-state index < -0.39 is 13.7 Å². The lowest BCUT2D eigenvalue weighted by Gasteiger charge is -2.37. The molecule has 1 amide bonds. The molecule has 0 aliphatic heterocycles. The number of hydrogen-bond donors (Lipinski definition) is 3. The van der Waals surface area contributed by atoms with Crippen molar-refractivity contribution in [3.63, 3.8) is 0 Å². The second-order valence-electron chi connectivity index (χ2n) is 13.9. The predicted octanol–water partition coefficient (Wildman–Crippen LogP) is 7.04. The number of carbonyl (C=O) groups excluding carboxylic acids is 1. The largest absolute Gasteiger partial charge is 0.444 e. The number of H-pyrrole nitrogens is 1. The summed E-state index contributed by atoms with van der Waals surface area (Å²) in [5.74, 6) is 1.38. The molecule has 0 bridgehead atoms. The first-order chi connectivity index (χ1) is 21.4. The fourth-order valence-electron chi connectivity index (χ4n) is 5.26. The van der Waals surface area contributed by atoms with Gasteiger partial charge in [0.2, 0.25) is 5.95 Å². The van der Waals surface area contributed by atoms with E-state index in [0.29, 0.717) is 31.5 Å². The van der Waals surface area contributed by atoms with Gasteiger partial charge in [-0.3, -0.25) is 5.10 Å². The summed E-state index contributed by atoms with van der Waals surface area (Å²) in [4.78, 5) is 29.0. The molecular weight excluding hydrogens is 605 g/mol. The number of anilines is 2. The number of rotatable bonds is 12. The monoisotopic (exact) mass is 650 g/mol. The zero-order chi connectivity index (χ0) is 32.0. The molecule has 1 aliphatic carbocycles. The van der Waals surface area contributed by atoms with Gasteiger partial charge < -0.3 is 25.0 Å². The van der Waals surface area contributed by atoms with Crippen LogP contribution in [-0.4, -0.2) is 70.3 Å². The molecule has 1 fully saturated rings. The number of pyridine rings is 1. The van der Waals surface area contributed by atoms with Crippen LogP contribution < -0.4 is 15.5 Å². The third-order valence-electron chi connectivity index (χ3n) is 7.70. The summed E-state index contributed by atoms with van der Waals surface area (Å²) in [5, 5.41) is 19.1. The first-order valence-electron chi connectivity index (χ1n) is 15.7. The number of aromatic nitrogens is 5. The summed E-state index contributed by atoms with van der Waals surface area (Å²) < 4.78 is 11.7. The first-order valence-corrected chi connectivity index (χ1v) is 20.4. The maximum atomic E-state index is 12.3. The molecule has 0 spiro atoms. The number of hydrogen-bond acceptors (Lipinski definition) is 10. The number of alkyl carbamates (subject to hydrolysis) is 1. The van der Waals surface area contributed by atoms with Crippen LogP contribution in [0.15, 0.2) is 41.2 Å². The van der Waals surface area contributed by atoms with Crippen LogP contribution in [0.1, 0.15) is 52.0 Å². The molecule has 0 radical (unpaired) electrons. The van der Waals surface area contributed by atoms with Crippen LogP contribution in [0.2, 0.25) is 25.7 Å². The lowest BCUT2D eigenvalue weighted by atomic mass is 9.90. The normalized spacial score (nSPS) is 17.3. The smallest absolute Gasteiger partial charge is 0.407 e. The number of thiophene rings is 1. The lowest BCUT2D eigenvalue weighted by Crippen LogP contribution is -2.46. The maximum Gasteiger partial charge on any atom is 0.407 e. The summed E-state index contributed by atoms with van der Waals surface area (Å²) in [6.45, 7) is 14.5. The van der Waals surface area contributed by atoms with Crippen molar-refractivity contribution in [3.8, 4) is 11.4 Å². The van der Waals surface area contributed by atoms with E-state index in [0.717, 1.165) is 54.3 Å². The molecule has 11 nitrogen and oxygen atoms in total. The number of carbonyl (C=O) groups is 1. The second-order valence-corrected chi connectivity index (χ2v) is 20.3. The van der Waals surface area contributed by atoms with Gasteiger partial charge in [-0.25, -0.2) is 14.8 Å². The van der Waals surface area contributed by atoms with E-state index in [1.54, 1.807) is 11.3 Å². The van der Waals surface area contributed by atoms with Crippen molar-refractivity contribution >= 4 is 48.3 Å². The minimum absolute atomic E-state index is 0.0750. The van der Waals surface area contributed by atoms with Crippen LogP contribution >= 0.6 is 11.3 Å². The van der Waals surface area contributed by atoms with Gasteiger partial charge in [-0.05, 0) is 87.0 Å². The Morgan fingerprint density at radius 1 is 1.13 bits per heavy atom. The van der Waals surface area contributed by atoms with E-state index in [1.165, 1.54) is 5.56 Å². The van der Waals surface area contributed by atoms with Crippen molar-refractivity contribution in [2.75, 3.05) is 23.6 Å². The average molecular weight is 651 g/mol. The summed E-state index contributed by atoms with van der Waals surface area (Å²) in [7, 11) is -1.23. The van der Waals surface area contributed by atoms with Gasteiger partial charge in [-0.15, -0.1) is 0 Å². The van der Waals surface area contributed by atoms with Crippen LogP contribution in [0.5, 0.6) is 0 Å². The SMILES string of the molecule is CC(C)(C)OC(=O)NC1CCC(N(COCC[Si](C)(C)C)c2ncc3c(-c4cccc(NCc5ccsc5)n4)[nH]nc3n2)CC1. The quantitative estimate of drug-likeness (QED) is 0.0839. The first kappa shape index (κ1) is 32.8. The summed E-state index contributed by atoms with van der Waals surface area (Å²) in [5.41, 5.74) is 2.84. The third kappa shape index (κ3) is 9.47. The molecule has 4 aromatic heterocycles. The van der Waals surface area contributed by atoms with Crippen LogP contribution in [0.4, 0.5) is 16.6 Å². The number of amides is 1. The molecule has 0 atom stereocenters. The van der Waals surface area contributed by atoms with Crippen LogP contribution in [0.3, 0.4) is 0 Å². The van der Waals surface area contributed by atoms with E-state index in [4.69, 9.17) is 24.4 Å². The highest BCUT2D eigenvalue weighted by atomic mass is 32.1. The molecule has 242 valence electrons. The molecule has 3 N–H and O–H groups in total. The van der Waals surface area contributed by atoms with Crippen molar-refractivity contribution < 1.29 is 14.3 Å². The van der Waals surface area contributed by atoms with E-state index in [9.17, 15) is 4.79 Å². The van der Waals surface area contributed by atoms with E-state index in [2.05, 4.69) is 62.2 Å². The molecule has 0 aromatic carbocycles. The number of nitrogens with zero attached hydrogens (tertiary/aromatic N) is 5. The molecule has 5 rings (SSSR count). The third-order valence-corrected chi connectivity index (χ3v) is 10.1. The summed E-state index contributed by atoms with van der Waals surface area (Å²) in [6, 6.07) is 9.34. The molecular formula is C32H46N8O3SSi. The highest BCUT2D eigenvalue weighted by Crippen LogP contribution is 2.29. The van der Waals surface area contributed by atoms with Crippen LogP contribution in [-0.2, 0) is 16.0 Å². The second kappa shape index (κ2) is 14.3. The Hall–Kier alpha value is -3.55. The Bertz CT molecular complexity index is 1540. The summed E-state index contributed by atoms with van der Waals surface area (Å²) >= 11 is 1.68. The Morgan fingerprint density at radius 3 is 2.64 bits per heavy atom. The van der Waals surface area contributed by atoms with Crippen molar-refractivity contribution in [1.29, 1.82) is 0 Å². The standard InChI is InChI=1S/C32H46N8O3SSi/c1-32(2,3)43-31(41)35-23-10-12-24(13-11-23)40(21-42-15-17-45(4,5)6)30-34-19-25-28(38-39-29(25)37-30)26-8-7-9-27(36-26)33-18-22-14-16-44-20-22/h7-9,14,16,19-20,23-24H,10-13,15,17-18,21H2,1-6H3,(H,33,36)(H,35,41)(H,34,37,38,39). The van der Waals surface area contributed by atoms with Crippen molar-refractivity contribution in [3.05, 3.63) is 46.8 Å². The fraction of sp³-hybridized carbons (Fsp3) is 0.531. The van der Waals surface area contributed by atoms with E-state index >= 15 is 0 Å². The Kier molecular flexibility index (Phi) is 10.4. The lowest BCUT2D eigenvalue weighted by molar-refractivity contribution is 0.0488. The topological polar surface area (TPSA) is 130 Å². The van der Waals surface area contributed by atoms with Crippen molar-refractivity contribution in [2.24, 2.45) is 0 Å². The van der Waals surface area contributed by atoms with Gasteiger partial charge >= 0.3 is 6.09 Å². The Balaban J connectivity index is 1.30. The molecule has 0 unspecified atom stereocenters. The highest BCUT2D eigenvalue weighted by molar-refractivity contribution is 7.07. The van der Waals surface area contributed by atoms with E-state index in [1.807, 2.05) is 45.2 Å². The highest BCUT2D eigenvalue weighted by Gasteiger charge is 2.30. The van der Waals surface area contributed by atoms with Crippen LogP contribution in [0.25, 0.3) is 22.4 Å². The van der Waals surface area contributed by atoms with Gasteiger partial charge in [-0.1, -0.05) is 25.7 Å². The molecule has 4 heterocycles. The van der Waals surface area contributed by atoms with Crippen molar-refractivity contribution in [2.45, 2.75) is 96.4 Å². The number of nitrogens with one attached hydrogen (secondary N) is 3. The Morgan fingerprint density at radius 2 is 1.93 bits per heavy atom. The van der Waals surface area contributed by atoms with Gasteiger partial charge in [0.05, 0.1) is 16.8 Å². The zero-order valence-corrected chi connectivity index (χ0v) is 29.0. The van der Waals surface area contributed by atoms with E-state index in [-0.39, 0.29) is 18.2 Å².